The third kappa shape index (κ3) is 6.57. The monoisotopic (exact) mass is 265 g/mol. The zero-order valence-corrected chi connectivity index (χ0v) is 11.0. The molecule has 1 amide bonds. The number of rotatable bonds is 8. The minimum absolute atomic E-state index is 0.175. The van der Waals surface area contributed by atoms with Crippen molar-refractivity contribution in [1.29, 1.82) is 0 Å². The molecule has 0 atom stereocenters. The lowest BCUT2D eigenvalue weighted by atomic mass is 10.2. The maximum atomic E-state index is 11.5. The van der Waals surface area contributed by atoms with Gasteiger partial charge < -0.3 is 14.7 Å². The van der Waals surface area contributed by atoms with E-state index in [-0.39, 0.29) is 12.5 Å². The summed E-state index contributed by atoms with van der Waals surface area (Å²) in [4.78, 5) is 23.2. The maximum absolute atomic E-state index is 11.5. The third-order valence-corrected chi connectivity index (χ3v) is 2.59. The first-order valence-electron chi connectivity index (χ1n) is 6.17. The molecule has 0 radical (unpaired) electrons. The molecule has 19 heavy (non-hydrogen) atoms. The summed E-state index contributed by atoms with van der Waals surface area (Å²) in [5.41, 5.74) is 1.09. The van der Waals surface area contributed by atoms with Gasteiger partial charge in [0.05, 0.1) is 6.61 Å². The number of amides is 1. The fraction of sp³-hybridized carbons (Fsp3) is 0.429. The van der Waals surface area contributed by atoms with Crippen LogP contribution < -0.4 is 0 Å². The fourth-order valence-corrected chi connectivity index (χ4v) is 1.57. The first-order chi connectivity index (χ1) is 9.09. The van der Waals surface area contributed by atoms with E-state index in [9.17, 15) is 9.59 Å². The molecule has 0 heterocycles. The Bertz CT molecular complexity index is 405. The number of ether oxygens (including phenoxy) is 1. The zero-order valence-electron chi connectivity index (χ0n) is 11.0. The molecule has 0 aliphatic carbocycles. The summed E-state index contributed by atoms with van der Waals surface area (Å²) < 4.78 is 5.44. The van der Waals surface area contributed by atoms with Crippen LogP contribution in [0.1, 0.15) is 18.4 Å². The lowest BCUT2D eigenvalue weighted by Crippen LogP contribution is -2.31. The summed E-state index contributed by atoms with van der Waals surface area (Å²) in [6, 6.07) is 9.80. The lowest BCUT2D eigenvalue weighted by Gasteiger charge is -2.14. The summed E-state index contributed by atoms with van der Waals surface area (Å²) in [6.07, 6.45) is 0.897. The molecule has 0 aliphatic rings. The van der Waals surface area contributed by atoms with Crippen LogP contribution in [0.5, 0.6) is 0 Å². The van der Waals surface area contributed by atoms with Crippen LogP contribution in [0.25, 0.3) is 0 Å². The van der Waals surface area contributed by atoms with Crippen LogP contribution >= 0.6 is 0 Å². The molecular weight excluding hydrogens is 246 g/mol. The quantitative estimate of drug-likeness (QED) is 0.724. The van der Waals surface area contributed by atoms with Crippen LogP contribution in [0.3, 0.4) is 0 Å². The van der Waals surface area contributed by atoms with Crippen molar-refractivity contribution in [3.63, 3.8) is 0 Å². The minimum Gasteiger partial charge on any atom is -0.480 e. The normalized spacial score (nSPS) is 10.2. The van der Waals surface area contributed by atoms with Crippen molar-refractivity contribution in [2.45, 2.75) is 19.4 Å². The topological polar surface area (TPSA) is 66.8 Å². The van der Waals surface area contributed by atoms with E-state index in [0.717, 1.165) is 5.56 Å². The molecule has 0 spiro atoms. The maximum Gasteiger partial charge on any atom is 0.323 e. The van der Waals surface area contributed by atoms with Crippen LogP contribution in [0, 0.1) is 0 Å². The molecule has 0 aromatic heterocycles. The first-order valence-corrected chi connectivity index (χ1v) is 6.17. The van der Waals surface area contributed by atoms with Crippen molar-refractivity contribution in [3.05, 3.63) is 35.9 Å². The van der Waals surface area contributed by atoms with Gasteiger partial charge in [0, 0.05) is 20.1 Å². The van der Waals surface area contributed by atoms with E-state index in [0.29, 0.717) is 26.1 Å². The summed E-state index contributed by atoms with van der Waals surface area (Å²) in [5.74, 6) is -1.18. The third-order valence-electron chi connectivity index (χ3n) is 2.59. The Labute approximate surface area is 112 Å². The molecule has 0 fully saturated rings. The number of carbonyl (C=O) groups is 2. The zero-order chi connectivity index (χ0) is 14.1. The highest BCUT2D eigenvalue weighted by atomic mass is 16.5. The Kier molecular flexibility index (Phi) is 6.60. The molecule has 104 valence electrons. The Morgan fingerprint density at radius 3 is 2.58 bits per heavy atom. The predicted octanol–water partition coefficient (Wildman–Crippen LogP) is 1.53. The molecule has 0 unspecified atom stereocenters. The Morgan fingerprint density at radius 1 is 1.26 bits per heavy atom. The SMILES string of the molecule is CN(CC(=O)O)C(=O)CCCOCc1ccccc1. The van der Waals surface area contributed by atoms with Gasteiger partial charge in [-0.05, 0) is 12.0 Å². The van der Waals surface area contributed by atoms with Gasteiger partial charge in [-0.15, -0.1) is 0 Å². The number of hydrogen-bond acceptors (Lipinski definition) is 3. The predicted molar refractivity (Wildman–Crippen MR) is 70.6 cm³/mol. The number of likely N-dealkylation sites (N-methyl/N-ethyl adjacent to an activating group) is 1. The van der Waals surface area contributed by atoms with Gasteiger partial charge in [0.2, 0.25) is 5.91 Å². The highest BCUT2D eigenvalue weighted by Gasteiger charge is 2.11. The molecule has 0 bridgehead atoms. The Hall–Kier alpha value is -1.88. The van der Waals surface area contributed by atoms with Gasteiger partial charge in [0.25, 0.3) is 0 Å². The number of carboxylic acid groups (broad SMARTS) is 1. The van der Waals surface area contributed by atoms with E-state index in [1.54, 1.807) is 0 Å². The van der Waals surface area contributed by atoms with Crippen molar-refractivity contribution in [3.8, 4) is 0 Å². The average Bonchev–Trinajstić information content (AvgIpc) is 2.38. The molecule has 0 saturated carbocycles. The molecular formula is C14H19NO4. The number of benzene rings is 1. The molecule has 1 rings (SSSR count). The standard InChI is InChI=1S/C14H19NO4/c1-15(10-14(17)18)13(16)8-5-9-19-11-12-6-3-2-4-7-12/h2-4,6-7H,5,8-11H2,1H3,(H,17,18). The van der Waals surface area contributed by atoms with Crippen molar-refractivity contribution in [1.82, 2.24) is 4.90 Å². The minimum atomic E-state index is -1.00. The lowest BCUT2D eigenvalue weighted by molar-refractivity contribution is -0.143. The van der Waals surface area contributed by atoms with Crippen LogP contribution in [-0.4, -0.2) is 42.1 Å². The van der Waals surface area contributed by atoms with E-state index >= 15 is 0 Å². The highest BCUT2D eigenvalue weighted by molar-refractivity contribution is 5.80. The Balaban J connectivity index is 2.10. The molecule has 1 aromatic carbocycles. The summed E-state index contributed by atoms with van der Waals surface area (Å²) >= 11 is 0. The van der Waals surface area contributed by atoms with E-state index in [4.69, 9.17) is 9.84 Å². The number of carboxylic acids is 1. The first kappa shape index (κ1) is 15.2. The molecule has 0 aliphatic heterocycles. The number of nitrogens with zero attached hydrogens (tertiary/aromatic N) is 1. The van der Waals surface area contributed by atoms with Crippen molar-refractivity contribution in [2.75, 3.05) is 20.2 Å². The van der Waals surface area contributed by atoms with Crippen LogP contribution in [0.15, 0.2) is 30.3 Å². The van der Waals surface area contributed by atoms with E-state index in [2.05, 4.69) is 0 Å². The molecule has 1 aromatic rings. The molecule has 5 heteroatoms. The van der Waals surface area contributed by atoms with Gasteiger partial charge in [-0.2, -0.15) is 0 Å². The van der Waals surface area contributed by atoms with Gasteiger partial charge >= 0.3 is 5.97 Å². The average molecular weight is 265 g/mol. The summed E-state index contributed by atoms with van der Waals surface area (Å²) in [6.45, 7) is 0.755. The van der Waals surface area contributed by atoms with E-state index in [1.807, 2.05) is 30.3 Å². The Morgan fingerprint density at radius 2 is 1.95 bits per heavy atom. The number of carbonyl (C=O) groups excluding carboxylic acids is 1. The van der Waals surface area contributed by atoms with E-state index < -0.39 is 5.97 Å². The van der Waals surface area contributed by atoms with Crippen LogP contribution in [0.2, 0.25) is 0 Å². The van der Waals surface area contributed by atoms with Crippen LogP contribution in [0.4, 0.5) is 0 Å². The van der Waals surface area contributed by atoms with E-state index in [1.165, 1.54) is 11.9 Å². The summed E-state index contributed by atoms with van der Waals surface area (Å²) in [7, 11) is 1.49. The second-order valence-electron chi connectivity index (χ2n) is 4.29. The van der Waals surface area contributed by atoms with Gasteiger partial charge in [-0.25, -0.2) is 0 Å². The summed E-state index contributed by atoms with van der Waals surface area (Å²) in [5, 5.41) is 8.55. The van der Waals surface area contributed by atoms with Gasteiger partial charge in [0.1, 0.15) is 6.54 Å². The fourth-order valence-electron chi connectivity index (χ4n) is 1.57. The largest absolute Gasteiger partial charge is 0.480 e. The molecule has 1 N–H and O–H groups in total. The number of hydrogen-bond donors (Lipinski definition) is 1. The second-order valence-corrected chi connectivity index (χ2v) is 4.29. The second kappa shape index (κ2) is 8.26. The van der Waals surface area contributed by atoms with Gasteiger partial charge in [-0.3, -0.25) is 9.59 Å². The molecule has 5 nitrogen and oxygen atoms in total. The van der Waals surface area contributed by atoms with Crippen LogP contribution in [-0.2, 0) is 20.9 Å². The van der Waals surface area contributed by atoms with Gasteiger partial charge in [-0.1, -0.05) is 30.3 Å². The van der Waals surface area contributed by atoms with Crippen molar-refractivity contribution < 1.29 is 19.4 Å². The molecule has 0 saturated heterocycles. The van der Waals surface area contributed by atoms with Crippen molar-refractivity contribution in [2.24, 2.45) is 0 Å². The van der Waals surface area contributed by atoms with Crippen molar-refractivity contribution >= 4 is 11.9 Å². The smallest absolute Gasteiger partial charge is 0.323 e. The number of aliphatic carboxylic acids is 1. The highest BCUT2D eigenvalue weighted by Crippen LogP contribution is 2.02. The van der Waals surface area contributed by atoms with Gasteiger partial charge in [0.15, 0.2) is 0 Å².